The molecule has 0 bridgehead atoms. The molecule has 28 heavy (non-hydrogen) atoms. The molecule has 0 aromatic heterocycles. The predicted molar refractivity (Wildman–Crippen MR) is 109 cm³/mol. The maximum Gasteiger partial charge on any atom is 0.303 e. The van der Waals surface area contributed by atoms with Crippen LogP contribution in [-0.2, 0) is 9.53 Å². The molecule has 0 unspecified atom stereocenters. The van der Waals surface area contributed by atoms with Crippen LogP contribution < -0.4 is 0 Å². The second-order valence-electron chi connectivity index (χ2n) is 6.92. The number of carbonyl (C=O) groups is 1. The Hall–Kier alpha value is -1.73. The van der Waals surface area contributed by atoms with Crippen LogP contribution in [0.5, 0.6) is 0 Å². The number of allylic oxidation sites excluding steroid dienone is 5. The van der Waals surface area contributed by atoms with E-state index in [9.17, 15) is 20.1 Å². The van der Waals surface area contributed by atoms with Gasteiger partial charge in [-0.05, 0) is 32.1 Å². The van der Waals surface area contributed by atoms with Crippen molar-refractivity contribution in [3.63, 3.8) is 0 Å². The van der Waals surface area contributed by atoms with E-state index in [0.717, 1.165) is 19.3 Å². The largest absolute Gasteiger partial charge is 0.481 e. The topological polar surface area (TPSA) is 107 Å². The Morgan fingerprint density at radius 3 is 2.36 bits per heavy atom. The Bertz CT molecular complexity index is 551. The van der Waals surface area contributed by atoms with Gasteiger partial charge in [0.25, 0.3) is 0 Å². The van der Waals surface area contributed by atoms with Gasteiger partial charge in [0, 0.05) is 12.8 Å². The van der Waals surface area contributed by atoms with E-state index < -0.39 is 30.4 Å². The molecular formula is C22H34O6. The molecule has 0 aromatic carbocycles. The molecule has 1 rings (SSSR count). The molecule has 1 heterocycles. The molecule has 158 valence electrons. The molecule has 1 fully saturated rings. The van der Waals surface area contributed by atoms with E-state index in [4.69, 9.17) is 9.84 Å². The number of carboxylic acid groups (broad SMARTS) is 1. The van der Waals surface area contributed by atoms with Gasteiger partial charge in [-0.1, -0.05) is 55.5 Å². The van der Waals surface area contributed by atoms with Crippen molar-refractivity contribution in [3.05, 3.63) is 48.6 Å². The lowest BCUT2D eigenvalue weighted by Gasteiger charge is -2.16. The maximum absolute atomic E-state index is 10.5. The van der Waals surface area contributed by atoms with Crippen molar-refractivity contribution in [2.45, 2.75) is 82.4 Å². The summed E-state index contributed by atoms with van der Waals surface area (Å²) in [5.74, 6) is -0.977. The highest BCUT2D eigenvalue weighted by Gasteiger charge is 2.36. The summed E-state index contributed by atoms with van der Waals surface area (Å²) in [6.07, 6.45) is 15.5. The number of carboxylic acids is 1. The first-order valence-electron chi connectivity index (χ1n) is 9.98. The minimum Gasteiger partial charge on any atom is -0.481 e. The van der Waals surface area contributed by atoms with E-state index in [1.807, 2.05) is 12.2 Å². The van der Waals surface area contributed by atoms with Crippen molar-refractivity contribution in [1.82, 2.24) is 0 Å². The summed E-state index contributed by atoms with van der Waals surface area (Å²) < 4.78 is 5.73. The van der Waals surface area contributed by atoms with Crippen molar-refractivity contribution >= 4 is 5.97 Å². The van der Waals surface area contributed by atoms with Crippen LogP contribution in [0.15, 0.2) is 48.6 Å². The monoisotopic (exact) mass is 394 g/mol. The molecule has 0 amide bonds. The second-order valence-corrected chi connectivity index (χ2v) is 6.92. The molecule has 0 aliphatic carbocycles. The number of aliphatic carboxylic acids is 1. The summed E-state index contributed by atoms with van der Waals surface area (Å²) in [6, 6.07) is 0. The number of hydrogen-bond acceptors (Lipinski definition) is 5. The van der Waals surface area contributed by atoms with Crippen LogP contribution in [0.25, 0.3) is 0 Å². The van der Waals surface area contributed by atoms with Gasteiger partial charge in [0.1, 0.15) is 0 Å². The first-order chi connectivity index (χ1) is 13.4. The van der Waals surface area contributed by atoms with Crippen LogP contribution in [0.1, 0.15) is 51.9 Å². The fraction of sp³-hybridized carbons (Fsp3) is 0.591. The Labute approximate surface area is 167 Å². The van der Waals surface area contributed by atoms with Crippen molar-refractivity contribution in [3.8, 4) is 0 Å². The predicted octanol–water partition coefficient (Wildman–Crippen LogP) is 2.90. The van der Waals surface area contributed by atoms with Gasteiger partial charge in [-0.2, -0.15) is 0 Å². The van der Waals surface area contributed by atoms with Crippen LogP contribution in [0, 0.1) is 0 Å². The number of rotatable bonds is 13. The van der Waals surface area contributed by atoms with Crippen LogP contribution in [0.2, 0.25) is 0 Å². The Morgan fingerprint density at radius 2 is 1.71 bits per heavy atom. The number of aliphatic hydroxyl groups excluding tert-OH is 3. The van der Waals surface area contributed by atoms with Crippen molar-refractivity contribution < 1.29 is 30.0 Å². The van der Waals surface area contributed by atoms with Crippen LogP contribution in [-0.4, -0.2) is 56.9 Å². The van der Waals surface area contributed by atoms with E-state index in [1.165, 1.54) is 12.2 Å². The summed E-state index contributed by atoms with van der Waals surface area (Å²) in [7, 11) is 0. The number of ether oxygens (including phenoxy) is 1. The zero-order valence-corrected chi connectivity index (χ0v) is 16.6. The molecule has 6 heteroatoms. The minimum absolute atomic E-state index is 0.0868. The lowest BCUT2D eigenvalue weighted by molar-refractivity contribution is -0.137. The van der Waals surface area contributed by atoms with Crippen molar-refractivity contribution in [2.24, 2.45) is 0 Å². The van der Waals surface area contributed by atoms with E-state index in [2.05, 4.69) is 31.2 Å². The smallest absolute Gasteiger partial charge is 0.303 e. The van der Waals surface area contributed by atoms with Gasteiger partial charge in [-0.15, -0.1) is 0 Å². The fourth-order valence-electron chi connectivity index (χ4n) is 2.87. The van der Waals surface area contributed by atoms with E-state index in [0.29, 0.717) is 12.8 Å². The Balaban J connectivity index is 2.32. The molecule has 6 nitrogen and oxygen atoms in total. The zero-order valence-electron chi connectivity index (χ0n) is 16.6. The zero-order chi connectivity index (χ0) is 20.8. The highest BCUT2D eigenvalue weighted by molar-refractivity contribution is 5.66. The SMILES string of the molecule is CC/C=C\C/C=C\C/C=C\C[C@@H]1O[C@@H]([C@@H](O)/C=C/[C@H](O)CCC(=O)O)C[C@H]1O. The lowest BCUT2D eigenvalue weighted by Crippen LogP contribution is -2.24. The number of hydrogen-bond donors (Lipinski definition) is 4. The first kappa shape index (κ1) is 24.3. The van der Waals surface area contributed by atoms with Gasteiger partial charge in [0.05, 0.1) is 30.5 Å². The molecule has 0 aromatic rings. The standard InChI is InChI=1S/C22H34O6/c1-2-3-4-5-6-7-8-9-10-11-20-19(25)16-21(28-20)18(24)14-12-17(23)13-15-22(26)27/h3-4,6-7,9-10,12,14,17-21,23-25H,2,5,8,11,13,15-16H2,1H3,(H,26,27)/b4-3-,7-6-,10-9-,14-12+/t17-,18-,19+,20-,21+/m0/s1. The molecule has 1 saturated heterocycles. The van der Waals surface area contributed by atoms with Crippen molar-refractivity contribution in [1.29, 1.82) is 0 Å². The third-order valence-corrected chi connectivity index (χ3v) is 4.47. The normalized spacial score (nSPS) is 25.5. The van der Waals surface area contributed by atoms with Gasteiger partial charge >= 0.3 is 5.97 Å². The van der Waals surface area contributed by atoms with Gasteiger partial charge in [-0.3, -0.25) is 4.79 Å². The minimum atomic E-state index is -0.977. The average molecular weight is 395 g/mol. The third kappa shape index (κ3) is 10.6. The Kier molecular flexibility index (Phi) is 12.4. The first-order valence-corrected chi connectivity index (χ1v) is 9.98. The van der Waals surface area contributed by atoms with E-state index in [1.54, 1.807) is 0 Å². The van der Waals surface area contributed by atoms with Gasteiger partial charge in [0.15, 0.2) is 0 Å². The van der Waals surface area contributed by atoms with Crippen molar-refractivity contribution in [2.75, 3.05) is 0 Å². The summed E-state index contributed by atoms with van der Waals surface area (Å²) in [4.78, 5) is 10.5. The maximum atomic E-state index is 10.5. The van der Waals surface area contributed by atoms with Gasteiger partial charge in [-0.25, -0.2) is 0 Å². The average Bonchev–Trinajstić information content (AvgIpc) is 3.03. The summed E-state index contributed by atoms with van der Waals surface area (Å²) in [5.41, 5.74) is 0. The highest BCUT2D eigenvalue weighted by Crippen LogP contribution is 2.26. The summed E-state index contributed by atoms with van der Waals surface area (Å²) >= 11 is 0. The molecule has 5 atom stereocenters. The Morgan fingerprint density at radius 1 is 1.07 bits per heavy atom. The van der Waals surface area contributed by atoms with E-state index >= 15 is 0 Å². The van der Waals surface area contributed by atoms with Crippen LogP contribution in [0.3, 0.4) is 0 Å². The van der Waals surface area contributed by atoms with Crippen LogP contribution >= 0.6 is 0 Å². The number of aliphatic hydroxyl groups is 3. The molecule has 4 N–H and O–H groups in total. The molecular weight excluding hydrogens is 360 g/mol. The molecule has 0 saturated carbocycles. The fourth-order valence-corrected chi connectivity index (χ4v) is 2.87. The molecule has 0 spiro atoms. The van der Waals surface area contributed by atoms with Gasteiger partial charge < -0.3 is 25.2 Å². The molecule has 0 radical (unpaired) electrons. The van der Waals surface area contributed by atoms with Crippen LogP contribution in [0.4, 0.5) is 0 Å². The molecule has 1 aliphatic heterocycles. The summed E-state index contributed by atoms with van der Waals surface area (Å²) in [6.45, 7) is 2.11. The molecule has 1 aliphatic rings. The quantitative estimate of drug-likeness (QED) is 0.358. The van der Waals surface area contributed by atoms with Gasteiger partial charge in [0.2, 0.25) is 0 Å². The lowest BCUT2D eigenvalue weighted by atomic mass is 10.0. The summed E-state index contributed by atoms with van der Waals surface area (Å²) in [5, 5.41) is 38.5. The highest BCUT2D eigenvalue weighted by atomic mass is 16.5. The third-order valence-electron chi connectivity index (χ3n) is 4.47. The van der Waals surface area contributed by atoms with E-state index in [-0.39, 0.29) is 18.9 Å². The second kappa shape index (κ2) is 14.3.